The highest BCUT2D eigenvalue weighted by Gasteiger charge is 2.21. The van der Waals surface area contributed by atoms with Crippen LogP contribution in [0.3, 0.4) is 0 Å². The molecule has 0 unspecified atom stereocenters. The molecule has 0 aliphatic heterocycles. The highest BCUT2D eigenvalue weighted by Crippen LogP contribution is 2.23. The van der Waals surface area contributed by atoms with Gasteiger partial charge in [0.2, 0.25) is 10.0 Å². The van der Waals surface area contributed by atoms with E-state index in [-0.39, 0.29) is 11.5 Å². The van der Waals surface area contributed by atoms with Gasteiger partial charge in [-0.1, -0.05) is 11.8 Å². The topological polar surface area (TPSA) is 66.8 Å². The van der Waals surface area contributed by atoms with Crippen LogP contribution in [-0.4, -0.2) is 57.1 Å². The van der Waals surface area contributed by atoms with Gasteiger partial charge in [0.25, 0.3) is 0 Å². The Morgan fingerprint density at radius 3 is 2.71 bits per heavy atom. The van der Waals surface area contributed by atoms with E-state index < -0.39 is 10.0 Å². The lowest BCUT2D eigenvalue weighted by Crippen LogP contribution is -2.29. The Balaban J connectivity index is 3.18. The fourth-order valence-electron chi connectivity index (χ4n) is 1.60. The van der Waals surface area contributed by atoms with Crippen LogP contribution in [0.15, 0.2) is 23.1 Å². The van der Waals surface area contributed by atoms with E-state index in [2.05, 4.69) is 11.8 Å². The molecule has 1 rings (SSSR count). The average Bonchev–Trinajstić information content (AvgIpc) is 2.49. The quantitative estimate of drug-likeness (QED) is 0.790. The number of ether oxygens (including phenoxy) is 1. The number of sulfonamides is 1. The van der Waals surface area contributed by atoms with Crippen molar-refractivity contribution in [1.29, 1.82) is 0 Å². The Labute approximate surface area is 130 Å². The summed E-state index contributed by atoms with van der Waals surface area (Å²) < 4.78 is 31.3. The molecule has 0 saturated heterocycles. The van der Waals surface area contributed by atoms with Crippen LogP contribution >= 0.6 is 11.8 Å². The van der Waals surface area contributed by atoms with Crippen LogP contribution in [0.25, 0.3) is 0 Å². The summed E-state index contributed by atoms with van der Waals surface area (Å²) in [5.74, 6) is 6.39. The first-order chi connectivity index (χ1) is 9.97. The lowest BCUT2D eigenvalue weighted by molar-refractivity contribution is 0.350. The molecule has 0 aliphatic rings. The van der Waals surface area contributed by atoms with Gasteiger partial charge < -0.3 is 9.84 Å². The molecule has 0 aromatic heterocycles. The number of rotatable bonds is 6. The van der Waals surface area contributed by atoms with E-state index in [0.717, 1.165) is 5.75 Å². The molecular weight excluding hydrogens is 310 g/mol. The molecule has 21 heavy (non-hydrogen) atoms. The first kappa shape index (κ1) is 17.9. The number of methoxy groups -OCH3 is 1. The van der Waals surface area contributed by atoms with Crippen LogP contribution < -0.4 is 4.74 Å². The smallest absolute Gasteiger partial charge is 0.242 e. The average molecular weight is 329 g/mol. The molecule has 0 atom stereocenters. The first-order valence-electron chi connectivity index (χ1n) is 6.20. The van der Waals surface area contributed by atoms with Crippen molar-refractivity contribution in [3.63, 3.8) is 0 Å². The number of aliphatic hydroxyl groups excluding tert-OH is 1. The number of thioether (sulfide) groups is 1. The number of hydrogen-bond acceptors (Lipinski definition) is 5. The molecule has 0 heterocycles. The van der Waals surface area contributed by atoms with Gasteiger partial charge in [-0.3, -0.25) is 0 Å². The Morgan fingerprint density at radius 2 is 2.14 bits per heavy atom. The maximum Gasteiger partial charge on any atom is 0.242 e. The SMILES string of the molecule is COc1ccc(S(=O)(=O)N(C)CCSC)cc1C#CCO. The van der Waals surface area contributed by atoms with Gasteiger partial charge in [0.05, 0.1) is 17.6 Å². The largest absolute Gasteiger partial charge is 0.495 e. The molecule has 0 radical (unpaired) electrons. The lowest BCUT2D eigenvalue weighted by atomic mass is 10.2. The molecule has 0 bridgehead atoms. The maximum atomic E-state index is 12.4. The Morgan fingerprint density at radius 1 is 1.43 bits per heavy atom. The second-order valence-corrected chi connectivity index (χ2v) is 7.17. The summed E-state index contributed by atoms with van der Waals surface area (Å²) in [5.41, 5.74) is 0.436. The zero-order valence-electron chi connectivity index (χ0n) is 12.3. The number of aliphatic hydroxyl groups is 1. The van der Waals surface area contributed by atoms with E-state index in [1.54, 1.807) is 24.9 Å². The molecule has 0 amide bonds. The summed E-state index contributed by atoms with van der Waals surface area (Å²) in [4.78, 5) is 0.161. The van der Waals surface area contributed by atoms with Gasteiger partial charge in [0.15, 0.2) is 0 Å². The van der Waals surface area contributed by atoms with Crippen molar-refractivity contribution in [3.05, 3.63) is 23.8 Å². The van der Waals surface area contributed by atoms with Crippen LogP contribution in [-0.2, 0) is 10.0 Å². The van der Waals surface area contributed by atoms with Crippen molar-refractivity contribution in [2.75, 3.05) is 39.3 Å². The molecule has 0 saturated carbocycles. The van der Waals surface area contributed by atoms with E-state index in [0.29, 0.717) is 17.9 Å². The van der Waals surface area contributed by atoms with Crippen molar-refractivity contribution in [3.8, 4) is 17.6 Å². The fourth-order valence-corrected chi connectivity index (χ4v) is 3.37. The first-order valence-corrected chi connectivity index (χ1v) is 9.03. The third-order valence-electron chi connectivity index (χ3n) is 2.79. The second kappa shape index (κ2) is 8.29. The molecule has 5 nitrogen and oxygen atoms in total. The van der Waals surface area contributed by atoms with E-state index in [9.17, 15) is 8.42 Å². The summed E-state index contributed by atoms with van der Waals surface area (Å²) in [6, 6.07) is 4.52. The summed E-state index contributed by atoms with van der Waals surface area (Å²) in [7, 11) is -0.515. The van der Waals surface area contributed by atoms with Gasteiger partial charge in [0, 0.05) is 19.3 Å². The minimum absolute atomic E-state index is 0.161. The molecule has 7 heteroatoms. The molecular formula is C14H19NO4S2. The highest BCUT2D eigenvalue weighted by atomic mass is 32.2. The molecule has 116 valence electrons. The van der Waals surface area contributed by atoms with Gasteiger partial charge in [-0.15, -0.1) is 0 Å². The van der Waals surface area contributed by atoms with Crippen molar-refractivity contribution >= 4 is 21.8 Å². The highest BCUT2D eigenvalue weighted by molar-refractivity contribution is 7.98. The molecule has 1 N–H and O–H groups in total. The van der Waals surface area contributed by atoms with Crippen LogP contribution in [0.2, 0.25) is 0 Å². The van der Waals surface area contributed by atoms with Crippen molar-refractivity contribution in [2.24, 2.45) is 0 Å². The predicted molar refractivity (Wildman–Crippen MR) is 85.2 cm³/mol. The van der Waals surface area contributed by atoms with Gasteiger partial charge in [-0.2, -0.15) is 11.8 Å². The Kier molecular flexibility index (Phi) is 7.05. The number of hydrogen-bond donors (Lipinski definition) is 1. The second-order valence-electron chi connectivity index (χ2n) is 4.14. The van der Waals surface area contributed by atoms with Gasteiger partial charge in [-0.25, -0.2) is 12.7 Å². The normalized spacial score (nSPS) is 11.1. The summed E-state index contributed by atoms with van der Waals surface area (Å²) in [5, 5.41) is 8.76. The zero-order valence-corrected chi connectivity index (χ0v) is 13.9. The minimum atomic E-state index is -3.55. The van der Waals surface area contributed by atoms with Crippen LogP contribution in [0.1, 0.15) is 5.56 Å². The van der Waals surface area contributed by atoms with Crippen LogP contribution in [0.5, 0.6) is 5.75 Å². The lowest BCUT2D eigenvalue weighted by Gasteiger charge is -2.17. The molecule has 0 fully saturated rings. The Hall–Kier alpha value is -1.20. The van der Waals surface area contributed by atoms with E-state index in [1.165, 1.54) is 23.5 Å². The van der Waals surface area contributed by atoms with E-state index >= 15 is 0 Å². The fraction of sp³-hybridized carbons (Fsp3) is 0.429. The summed E-state index contributed by atoms with van der Waals surface area (Å²) in [6.45, 7) is 0.140. The van der Waals surface area contributed by atoms with E-state index in [4.69, 9.17) is 9.84 Å². The monoisotopic (exact) mass is 329 g/mol. The Bertz CT molecular complexity index is 632. The minimum Gasteiger partial charge on any atom is -0.495 e. The zero-order chi connectivity index (χ0) is 15.9. The van der Waals surface area contributed by atoms with Crippen molar-refractivity contribution in [2.45, 2.75) is 4.90 Å². The third kappa shape index (κ3) is 4.64. The summed E-state index contributed by atoms with van der Waals surface area (Å²) >= 11 is 1.59. The number of benzene rings is 1. The van der Waals surface area contributed by atoms with Crippen molar-refractivity contribution < 1.29 is 18.3 Å². The van der Waals surface area contributed by atoms with Crippen LogP contribution in [0, 0.1) is 11.8 Å². The van der Waals surface area contributed by atoms with Gasteiger partial charge in [0.1, 0.15) is 12.4 Å². The number of nitrogens with zero attached hydrogens (tertiary/aromatic N) is 1. The summed E-state index contributed by atoms with van der Waals surface area (Å²) in [6.07, 6.45) is 1.93. The van der Waals surface area contributed by atoms with Gasteiger partial charge >= 0.3 is 0 Å². The van der Waals surface area contributed by atoms with Gasteiger partial charge in [-0.05, 0) is 24.5 Å². The van der Waals surface area contributed by atoms with Crippen LogP contribution in [0.4, 0.5) is 0 Å². The standard InChI is InChI=1S/C14H19NO4S2/c1-15(8-10-20-3)21(17,18)13-6-7-14(19-2)12(11-13)5-4-9-16/h6-7,11,16H,8-10H2,1-3H3. The maximum absolute atomic E-state index is 12.4. The predicted octanol–water partition coefficient (Wildman–Crippen LogP) is 1.02. The third-order valence-corrected chi connectivity index (χ3v) is 5.24. The molecule has 0 aliphatic carbocycles. The van der Waals surface area contributed by atoms with E-state index in [1.807, 2.05) is 6.26 Å². The van der Waals surface area contributed by atoms with Crippen molar-refractivity contribution in [1.82, 2.24) is 4.31 Å². The molecule has 1 aromatic carbocycles. The molecule has 0 spiro atoms. The molecule has 1 aromatic rings.